The molecule has 36 heavy (non-hydrogen) atoms. The SMILES string of the molecule is C[C@@H]1C(S(=O)(=O)c2ccc(F)cc2)[C@H](C(=O)CCc2cc(N3CC(OC(F)(F)F)C3)ncn2)C[C@H]1F. The molecule has 1 saturated heterocycles. The van der Waals surface area contributed by atoms with Crippen LogP contribution in [0, 0.1) is 17.7 Å². The Kier molecular flexibility index (Phi) is 7.33. The standard InChI is InChI=1S/C23H24F5N3O4S/c1-13-19(25)9-18(22(13)36(33,34)17-5-2-14(24)3-6-17)20(32)7-4-15-8-21(30-12-29-15)31-10-16(11-31)35-23(26,27)28/h2-3,5-6,8,12-13,16,18-19,22H,4,7,9-11H2,1H3/t13-,18-,19+,22?/m0/s1. The van der Waals surface area contributed by atoms with Gasteiger partial charge in [0.25, 0.3) is 0 Å². The van der Waals surface area contributed by atoms with E-state index in [0.717, 1.165) is 24.3 Å². The Morgan fingerprint density at radius 3 is 2.47 bits per heavy atom. The van der Waals surface area contributed by atoms with E-state index in [1.807, 2.05) is 0 Å². The molecule has 0 radical (unpaired) electrons. The second-order valence-electron chi connectivity index (χ2n) is 9.11. The number of nitrogens with zero attached hydrogens (tertiary/aromatic N) is 3. The van der Waals surface area contributed by atoms with E-state index in [2.05, 4.69) is 14.7 Å². The quantitative estimate of drug-likeness (QED) is 0.378. The molecule has 0 spiro atoms. The smallest absolute Gasteiger partial charge is 0.351 e. The summed E-state index contributed by atoms with van der Waals surface area (Å²) in [7, 11) is -4.10. The van der Waals surface area contributed by atoms with Crippen molar-refractivity contribution in [1.82, 2.24) is 9.97 Å². The highest BCUT2D eigenvalue weighted by atomic mass is 32.2. The number of Topliss-reactive ketones (excluding diaryl/α,β-unsaturated/α-hetero) is 1. The molecule has 1 unspecified atom stereocenters. The number of hydrogen-bond acceptors (Lipinski definition) is 7. The highest BCUT2D eigenvalue weighted by Gasteiger charge is 2.51. The van der Waals surface area contributed by atoms with Crippen LogP contribution in [-0.2, 0) is 25.8 Å². The third-order valence-corrected chi connectivity index (χ3v) is 9.09. The Hall–Kier alpha value is -2.67. The summed E-state index contributed by atoms with van der Waals surface area (Å²) in [6.07, 6.45) is -6.18. The fraction of sp³-hybridized carbons (Fsp3) is 0.522. The van der Waals surface area contributed by atoms with Crippen LogP contribution in [0.4, 0.5) is 27.8 Å². The van der Waals surface area contributed by atoms with Crippen LogP contribution in [0.1, 0.15) is 25.5 Å². The molecular weight excluding hydrogens is 509 g/mol. The first kappa shape index (κ1) is 26.4. The number of carbonyl (C=O) groups is 1. The number of sulfone groups is 1. The number of rotatable bonds is 8. The van der Waals surface area contributed by atoms with Gasteiger partial charge in [0, 0.05) is 43.1 Å². The number of aryl methyl sites for hydroxylation is 1. The van der Waals surface area contributed by atoms with Gasteiger partial charge in [-0.05, 0) is 37.1 Å². The van der Waals surface area contributed by atoms with Crippen molar-refractivity contribution < 1.29 is 39.9 Å². The number of carbonyl (C=O) groups excluding carboxylic acids is 1. The Bertz CT molecular complexity index is 1200. The van der Waals surface area contributed by atoms with Gasteiger partial charge < -0.3 is 4.90 Å². The van der Waals surface area contributed by atoms with Crippen molar-refractivity contribution in [2.75, 3.05) is 18.0 Å². The molecule has 0 bridgehead atoms. The van der Waals surface area contributed by atoms with Gasteiger partial charge in [-0.25, -0.2) is 27.2 Å². The number of alkyl halides is 4. The number of benzene rings is 1. The van der Waals surface area contributed by atoms with E-state index in [4.69, 9.17) is 0 Å². The van der Waals surface area contributed by atoms with Crippen molar-refractivity contribution in [3.8, 4) is 0 Å². The maximum atomic E-state index is 14.6. The fourth-order valence-corrected chi connectivity index (χ4v) is 7.04. The average molecular weight is 534 g/mol. The lowest BCUT2D eigenvalue weighted by atomic mass is 9.96. The molecule has 7 nitrogen and oxygen atoms in total. The largest absolute Gasteiger partial charge is 0.522 e. The van der Waals surface area contributed by atoms with Gasteiger partial charge in [-0.1, -0.05) is 6.92 Å². The first-order valence-electron chi connectivity index (χ1n) is 11.3. The van der Waals surface area contributed by atoms with E-state index in [0.29, 0.717) is 11.5 Å². The average Bonchev–Trinajstić information content (AvgIpc) is 3.09. The molecule has 4 atom stereocenters. The maximum Gasteiger partial charge on any atom is 0.522 e. The second-order valence-corrected chi connectivity index (χ2v) is 11.2. The minimum absolute atomic E-state index is 0.00430. The molecule has 0 N–H and O–H groups in total. The minimum Gasteiger partial charge on any atom is -0.351 e. The monoisotopic (exact) mass is 533 g/mol. The van der Waals surface area contributed by atoms with Gasteiger partial charge >= 0.3 is 6.36 Å². The highest BCUT2D eigenvalue weighted by Crippen LogP contribution is 2.41. The molecule has 196 valence electrons. The van der Waals surface area contributed by atoms with Crippen molar-refractivity contribution in [3.05, 3.63) is 48.2 Å². The Balaban J connectivity index is 1.41. The lowest BCUT2D eigenvalue weighted by Crippen LogP contribution is -2.54. The van der Waals surface area contributed by atoms with Gasteiger partial charge in [0.15, 0.2) is 9.84 Å². The van der Waals surface area contributed by atoms with E-state index in [9.17, 15) is 35.2 Å². The maximum absolute atomic E-state index is 14.6. The summed E-state index contributed by atoms with van der Waals surface area (Å²) in [5, 5.41) is -1.28. The zero-order chi connectivity index (χ0) is 26.3. The number of ether oxygens (including phenoxy) is 1. The van der Waals surface area contributed by atoms with E-state index < -0.39 is 57.2 Å². The third kappa shape index (κ3) is 5.66. The molecule has 2 aliphatic rings. The first-order chi connectivity index (χ1) is 16.8. The molecule has 1 aliphatic carbocycles. The predicted molar refractivity (Wildman–Crippen MR) is 118 cm³/mol. The van der Waals surface area contributed by atoms with Gasteiger partial charge in [-0.3, -0.25) is 9.53 Å². The van der Waals surface area contributed by atoms with Crippen molar-refractivity contribution in [1.29, 1.82) is 0 Å². The number of ketones is 1. The molecule has 2 heterocycles. The van der Waals surface area contributed by atoms with Crippen molar-refractivity contribution in [2.24, 2.45) is 11.8 Å². The lowest BCUT2D eigenvalue weighted by Gasteiger charge is -2.39. The molecule has 0 amide bonds. The first-order valence-corrected chi connectivity index (χ1v) is 12.9. The van der Waals surface area contributed by atoms with Crippen LogP contribution in [0.25, 0.3) is 0 Å². The molecule has 13 heteroatoms. The molecule has 2 fully saturated rings. The van der Waals surface area contributed by atoms with Gasteiger partial charge in [0.1, 0.15) is 36.0 Å². The van der Waals surface area contributed by atoms with Gasteiger partial charge in [0.2, 0.25) is 0 Å². The van der Waals surface area contributed by atoms with Crippen LogP contribution < -0.4 is 4.90 Å². The van der Waals surface area contributed by atoms with E-state index in [1.165, 1.54) is 13.3 Å². The minimum atomic E-state index is -4.72. The van der Waals surface area contributed by atoms with E-state index in [1.54, 1.807) is 11.0 Å². The van der Waals surface area contributed by atoms with Crippen LogP contribution in [0.5, 0.6) is 0 Å². The van der Waals surface area contributed by atoms with Crippen LogP contribution in [0.3, 0.4) is 0 Å². The second kappa shape index (κ2) is 10.0. The number of aromatic nitrogens is 2. The molecule has 1 saturated carbocycles. The van der Waals surface area contributed by atoms with Gasteiger partial charge in [0.05, 0.1) is 10.1 Å². The number of hydrogen-bond donors (Lipinski definition) is 0. The predicted octanol–water partition coefficient (Wildman–Crippen LogP) is 3.68. The summed E-state index contributed by atoms with van der Waals surface area (Å²) < 4.78 is 95.2. The molecule has 1 aliphatic heterocycles. The summed E-state index contributed by atoms with van der Waals surface area (Å²) >= 11 is 0. The van der Waals surface area contributed by atoms with Gasteiger partial charge in [-0.2, -0.15) is 0 Å². The number of halogens is 5. The van der Waals surface area contributed by atoms with E-state index >= 15 is 0 Å². The molecular formula is C23H24F5N3O4S. The van der Waals surface area contributed by atoms with Crippen LogP contribution in [-0.4, -0.2) is 61.1 Å². The van der Waals surface area contributed by atoms with Crippen LogP contribution >= 0.6 is 0 Å². The Morgan fingerprint density at radius 2 is 1.83 bits per heavy atom. The van der Waals surface area contributed by atoms with Crippen molar-refractivity contribution in [3.63, 3.8) is 0 Å². The Morgan fingerprint density at radius 1 is 1.17 bits per heavy atom. The Labute approximate surface area is 204 Å². The van der Waals surface area contributed by atoms with E-state index in [-0.39, 0.29) is 37.2 Å². The number of anilines is 1. The lowest BCUT2D eigenvalue weighted by molar-refractivity contribution is -0.344. The van der Waals surface area contributed by atoms with Crippen LogP contribution in [0.15, 0.2) is 41.6 Å². The topological polar surface area (TPSA) is 89.5 Å². The third-order valence-electron chi connectivity index (χ3n) is 6.69. The zero-order valence-electron chi connectivity index (χ0n) is 19.2. The summed E-state index contributed by atoms with van der Waals surface area (Å²) in [5.41, 5.74) is 0.439. The summed E-state index contributed by atoms with van der Waals surface area (Å²) in [6, 6.07) is 5.75. The molecule has 1 aromatic heterocycles. The normalized spacial score (nSPS) is 25.1. The summed E-state index contributed by atoms with van der Waals surface area (Å²) in [6.45, 7) is 1.44. The summed E-state index contributed by atoms with van der Waals surface area (Å²) in [4.78, 5) is 22.6. The fourth-order valence-electron chi connectivity index (χ4n) is 4.78. The van der Waals surface area contributed by atoms with Crippen molar-refractivity contribution in [2.45, 2.75) is 55.0 Å². The summed E-state index contributed by atoms with van der Waals surface area (Å²) in [5.74, 6) is -2.65. The molecule has 1 aromatic carbocycles. The molecule has 2 aromatic rings. The van der Waals surface area contributed by atoms with Gasteiger partial charge in [-0.15, -0.1) is 13.2 Å². The zero-order valence-corrected chi connectivity index (χ0v) is 20.0. The van der Waals surface area contributed by atoms with Crippen LogP contribution in [0.2, 0.25) is 0 Å². The molecule has 4 rings (SSSR count). The van der Waals surface area contributed by atoms with Crippen molar-refractivity contribution >= 4 is 21.4 Å². The highest BCUT2D eigenvalue weighted by molar-refractivity contribution is 7.92.